The summed E-state index contributed by atoms with van der Waals surface area (Å²) in [7, 11) is 0. The van der Waals surface area contributed by atoms with E-state index in [1.165, 1.54) is 27.6 Å². The molecule has 4 aliphatic rings. The van der Waals surface area contributed by atoms with Crippen LogP contribution in [-0.2, 0) is 40.3 Å². The number of aromatic carboxylic acids is 1. The SMILES string of the molecule is Cc1ncsc1-c1ccc(CNC(=O)[C@@H]2C[C@@H](O)CN2C(=O)[C@@H](NC(=O)C2CC3(CCN(CC#Cc4ccc(OCCCc5sc(N6CCc7cccc(C(=O)Nc8nc9ccccc9s8)c7C6)nc5C(=O)O)cc4)CC3)C2)C(C)(C)C)cc1. The molecule has 0 unspecified atom stereocenters. The van der Waals surface area contributed by atoms with Gasteiger partial charge >= 0.3 is 5.97 Å². The molecule has 3 aliphatic heterocycles. The van der Waals surface area contributed by atoms with Crippen molar-refractivity contribution < 1.29 is 38.9 Å². The molecule has 3 aromatic heterocycles. The number of hydrogen-bond donors (Lipinski definition) is 5. The van der Waals surface area contributed by atoms with Crippen LogP contribution in [0.1, 0.15) is 113 Å². The number of anilines is 2. The minimum Gasteiger partial charge on any atom is -0.494 e. The number of aromatic nitrogens is 3. The van der Waals surface area contributed by atoms with Gasteiger partial charge in [-0.05, 0) is 141 Å². The fourth-order valence-corrected chi connectivity index (χ4v) is 14.8. The van der Waals surface area contributed by atoms with Gasteiger partial charge in [0.05, 0.1) is 45.6 Å². The van der Waals surface area contributed by atoms with Gasteiger partial charge in [0.2, 0.25) is 17.7 Å². The molecule has 5 N–H and O–H groups in total. The van der Waals surface area contributed by atoms with Crippen molar-refractivity contribution in [2.24, 2.45) is 16.7 Å². The molecule has 4 aromatic carbocycles. The van der Waals surface area contributed by atoms with Gasteiger partial charge in [0.25, 0.3) is 5.91 Å². The van der Waals surface area contributed by atoms with E-state index in [4.69, 9.17) is 4.74 Å². The number of carbonyl (C=O) groups is 5. The van der Waals surface area contributed by atoms with Crippen LogP contribution in [0.2, 0.25) is 0 Å². The second kappa shape index (κ2) is 25.0. The van der Waals surface area contributed by atoms with E-state index in [-0.39, 0.29) is 60.2 Å². The number of carbonyl (C=O) groups excluding carboxylic acids is 4. The highest BCUT2D eigenvalue weighted by molar-refractivity contribution is 7.22. The molecule has 6 heterocycles. The predicted molar refractivity (Wildman–Crippen MR) is 327 cm³/mol. The Morgan fingerprint density at radius 3 is 2.40 bits per heavy atom. The highest BCUT2D eigenvalue weighted by Gasteiger charge is 2.50. The van der Waals surface area contributed by atoms with Gasteiger partial charge in [0, 0.05) is 54.5 Å². The fraction of sp³-hybridized carbons (Fsp3) is 0.406. The smallest absolute Gasteiger partial charge is 0.355 e. The molecule has 0 bridgehead atoms. The van der Waals surface area contributed by atoms with E-state index in [0.29, 0.717) is 72.0 Å². The first-order valence-corrected chi connectivity index (χ1v) is 31.2. The molecular weight excluding hydrogens is 1120 g/mol. The topological polar surface area (TPSA) is 220 Å². The minimum absolute atomic E-state index is 0.0222. The molecule has 3 fully saturated rings. The van der Waals surface area contributed by atoms with E-state index >= 15 is 0 Å². The van der Waals surface area contributed by atoms with Crippen LogP contribution in [0.3, 0.4) is 0 Å². The molecule has 3 atom stereocenters. The van der Waals surface area contributed by atoms with Crippen molar-refractivity contribution in [1.82, 2.24) is 35.4 Å². The molecule has 11 rings (SSSR count). The van der Waals surface area contributed by atoms with E-state index in [0.717, 1.165) is 87.4 Å². The number of rotatable bonds is 17. The third-order valence-electron chi connectivity index (χ3n) is 16.7. The van der Waals surface area contributed by atoms with Crippen molar-refractivity contribution in [3.05, 3.63) is 141 Å². The highest BCUT2D eigenvalue weighted by atomic mass is 32.1. The highest BCUT2D eigenvalue weighted by Crippen LogP contribution is 2.53. The molecule has 7 aromatic rings. The average Bonchev–Trinajstić information content (AvgIpc) is 1.72. The Hall–Kier alpha value is -7.54. The van der Waals surface area contributed by atoms with Gasteiger partial charge in [-0.1, -0.05) is 92.5 Å². The molecule has 4 amide bonds. The predicted octanol–water partition coefficient (Wildman–Crippen LogP) is 9.36. The summed E-state index contributed by atoms with van der Waals surface area (Å²) < 4.78 is 7.07. The first kappa shape index (κ1) is 58.2. The molecule has 2 saturated heterocycles. The summed E-state index contributed by atoms with van der Waals surface area (Å²) >= 11 is 4.39. The lowest BCUT2D eigenvalue weighted by Gasteiger charge is -2.51. The second-order valence-corrected chi connectivity index (χ2v) is 26.6. The number of benzene rings is 4. The number of aliphatic hydroxyl groups excluding tert-OH is 1. The third-order valence-corrected chi connectivity index (χ3v) is 19.8. The van der Waals surface area contributed by atoms with E-state index in [1.807, 2.05) is 124 Å². The van der Waals surface area contributed by atoms with E-state index in [9.17, 15) is 34.2 Å². The zero-order valence-electron chi connectivity index (χ0n) is 47.6. The number of nitrogens with zero attached hydrogens (tertiary/aromatic N) is 6. The van der Waals surface area contributed by atoms with E-state index in [1.54, 1.807) is 11.3 Å². The molecule has 0 radical (unpaired) electrons. The van der Waals surface area contributed by atoms with Gasteiger partial charge in [-0.15, -0.1) is 22.7 Å². The molecule has 17 nitrogen and oxygen atoms in total. The van der Waals surface area contributed by atoms with Crippen LogP contribution >= 0.6 is 34.0 Å². The van der Waals surface area contributed by atoms with Crippen LogP contribution in [-0.4, -0.2) is 122 Å². The second-order valence-electron chi connectivity index (χ2n) is 23.7. The molecule has 1 aliphatic carbocycles. The average molecular weight is 1190 g/mol. The Balaban J connectivity index is 0.602. The van der Waals surface area contributed by atoms with Gasteiger partial charge in [-0.25, -0.2) is 19.7 Å². The fourth-order valence-electron chi connectivity index (χ4n) is 12.0. The first-order valence-electron chi connectivity index (χ1n) is 28.7. The number of fused-ring (bicyclic) bond motifs is 2. The summed E-state index contributed by atoms with van der Waals surface area (Å²) in [6.07, 6.45) is 4.51. The van der Waals surface area contributed by atoms with Gasteiger partial charge in [-0.3, -0.25) is 29.4 Å². The third kappa shape index (κ3) is 13.2. The summed E-state index contributed by atoms with van der Waals surface area (Å²) in [5.41, 5.74) is 8.50. The molecule has 20 heteroatoms. The zero-order valence-corrected chi connectivity index (χ0v) is 50.1. The standard InChI is InChI=1S/C64H69N9O8S3/c1-39-54(82-38-66-39)43-20-16-41(17-21-43)35-65-58(77)50-32-45(74)36-73(50)59(78)55(63(2,3)4)69-56(75)44-33-64(34-44)25-29-71(30-26-64)27-8-10-40-18-22-46(23-19-40)81-31-9-15-52-53(60(79)80)68-62(84-52)72-28-24-42-11-7-12-47(48(42)37-72)57(76)70-61-67-49-13-5-6-14-51(49)83-61/h5-7,11-14,16-23,38,44-45,50,55,74H,9,15,24-37H2,1-4H3,(H,65,77)(H,69,75)(H,79,80)(H,67,70,76)/t45-,50+,55-/m1/s1. The molecule has 436 valence electrons. The normalized spacial score (nSPS) is 18.1. The summed E-state index contributed by atoms with van der Waals surface area (Å²) in [6, 6.07) is 27.4. The molecule has 84 heavy (non-hydrogen) atoms. The maximum atomic E-state index is 14.3. The number of carboxylic acid groups (broad SMARTS) is 1. The molecule has 1 saturated carbocycles. The number of hydrogen-bond acceptors (Lipinski definition) is 15. The van der Waals surface area contributed by atoms with Crippen LogP contribution in [0.5, 0.6) is 5.75 Å². The number of carboxylic acids is 1. The minimum atomic E-state index is -1.07. The lowest BCUT2D eigenvalue weighted by molar-refractivity contribution is -0.146. The molecule has 1 spiro atoms. The van der Waals surface area contributed by atoms with Crippen molar-refractivity contribution in [1.29, 1.82) is 0 Å². The van der Waals surface area contributed by atoms with Crippen molar-refractivity contribution in [3.8, 4) is 28.0 Å². The number of thiazole rings is 3. The summed E-state index contributed by atoms with van der Waals surface area (Å²) in [4.78, 5) is 88.9. The lowest BCUT2D eigenvalue weighted by atomic mass is 9.57. The number of piperidine rings is 1. The van der Waals surface area contributed by atoms with E-state index < -0.39 is 29.6 Å². The maximum absolute atomic E-state index is 14.3. The monoisotopic (exact) mass is 1190 g/mol. The van der Waals surface area contributed by atoms with Crippen LogP contribution in [0.15, 0.2) is 96.5 Å². The van der Waals surface area contributed by atoms with Gasteiger partial charge < -0.3 is 35.4 Å². The van der Waals surface area contributed by atoms with Gasteiger partial charge in [0.15, 0.2) is 16.0 Å². The number of aliphatic hydroxyl groups is 1. The Kier molecular flexibility index (Phi) is 17.3. The largest absolute Gasteiger partial charge is 0.494 e. The number of likely N-dealkylation sites (tertiary alicyclic amines) is 2. The number of ether oxygens (including phenoxy) is 1. The van der Waals surface area contributed by atoms with Crippen molar-refractivity contribution in [3.63, 3.8) is 0 Å². The number of nitrogens with one attached hydrogen (secondary N) is 3. The number of aryl methyl sites for hydroxylation is 2. The van der Waals surface area contributed by atoms with Crippen molar-refractivity contribution >= 4 is 84.1 Å². The van der Waals surface area contributed by atoms with Gasteiger partial charge in [-0.2, -0.15) is 0 Å². The summed E-state index contributed by atoms with van der Waals surface area (Å²) in [5, 5.41) is 31.1. The Bertz CT molecular complexity index is 3600. The quantitative estimate of drug-likeness (QED) is 0.0425. The Morgan fingerprint density at radius 2 is 1.68 bits per heavy atom. The summed E-state index contributed by atoms with van der Waals surface area (Å²) in [6.45, 7) is 11.9. The van der Waals surface area contributed by atoms with E-state index in [2.05, 4.69) is 52.5 Å². The lowest BCUT2D eigenvalue weighted by Crippen LogP contribution is -2.60. The number of β-amino-alcohol motifs (C(OH)–C–C–N with tert-alkyl or cyclic N) is 1. The maximum Gasteiger partial charge on any atom is 0.355 e. The number of amides is 4. The number of para-hydroxylation sites is 1. The van der Waals surface area contributed by atoms with Crippen molar-refractivity contribution in [2.45, 2.75) is 110 Å². The Labute approximate surface area is 500 Å². The zero-order chi connectivity index (χ0) is 58.7. The van der Waals surface area contributed by atoms with Crippen LogP contribution in [0, 0.1) is 35.5 Å². The van der Waals surface area contributed by atoms with Gasteiger partial charge in [0.1, 0.15) is 17.8 Å². The summed E-state index contributed by atoms with van der Waals surface area (Å²) in [5.74, 6) is 4.98. The molecular formula is C64H69N9O8S3. The van der Waals surface area contributed by atoms with Crippen LogP contribution in [0.25, 0.3) is 20.7 Å². The Morgan fingerprint density at radius 1 is 0.905 bits per heavy atom. The first-order chi connectivity index (χ1) is 40.5. The van der Waals surface area contributed by atoms with Crippen LogP contribution in [0.4, 0.5) is 10.3 Å². The van der Waals surface area contributed by atoms with Crippen molar-refractivity contribution in [2.75, 3.05) is 49.5 Å². The van der Waals surface area contributed by atoms with Crippen LogP contribution < -0.4 is 25.6 Å².